The van der Waals surface area contributed by atoms with Crippen LogP contribution in [-0.2, 0) is 0 Å². The van der Waals surface area contributed by atoms with E-state index in [-0.39, 0.29) is 0 Å². The molecule has 2 heterocycles. The van der Waals surface area contributed by atoms with Gasteiger partial charge in [-0.2, -0.15) is 0 Å². The second-order valence-corrected chi connectivity index (χ2v) is 5.49. The lowest BCUT2D eigenvalue weighted by Crippen LogP contribution is -2.45. The highest BCUT2D eigenvalue weighted by molar-refractivity contribution is 5.79. The third-order valence-corrected chi connectivity index (χ3v) is 4.20. The SMILES string of the molecule is C=CCC[C@@H](c1ccc2cc[nH]c2c1)N1CCNCC1. The standard InChI is InChI=1S/C17H23N3/c1-2-3-4-17(20-11-9-18-10-12-20)15-6-5-14-7-8-19-16(14)13-15/h2,5-8,13,17-19H,1,3-4,9-12H2/t17-/m0/s1. The Morgan fingerprint density at radius 1 is 1.25 bits per heavy atom. The van der Waals surface area contributed by atoms with Crippen LogP contribution in [0.25, 0.3) is 10.9 Å². The van der Waals surface area contributed by atoms with E-state index in [2.05, 4.69) is 46.0 Å². The summed E-state index contributed by atoms with van der Waals surface area (Å²) in [5.41, 5.74) is 2.66. The highest BCUT2D eigenvalue weighted by Crippen LogP contribution is 2.28. The van der Waals surface area contributed by atoms with Crippen molar-refractivity contribution >= 4 is 10.9 Å². The van der Waals surface area contributed by atoms with Gasteiger partial charge in [0.1, 0.15) is 0 Å². The average molecular weight is 269 g/mol. The molecule has 1 aliphatic rings. The summed E-state index contributed by atoms with van der Waals surface area (Å²) in [6.45, 7) is 8.32. The summed E-state index contributed by atoms with van der Waals surface area (Å²) in [5, 5.41) is 4.72. The smallest absolute Gasteiger partial charge is 0.0457 e. The van der Waals surface area contributed by atoms with Crippen molar-refractivity contribution in [2.24, 2.45) is 0 Å². The van der Waals surface area contributed by atoms with Crippen LogP contribution < -0.4 is 5.32 Å². The lowest BCUT2D eigenvalue weighted by Gasteiger charge is -2.35. The van der Waals surface area contributed by atoms with Crippen LogP contribution >= 0.6 is 0 Å². The first kappa shape index (κ1) is 13.4. The molecule has 0 amide bonds. The molecule has 106 valence electrons. The highest BCUT2D eigenvalue weighted by atomic mass is 15.2. The predicted octanol–water partition coefficient (Wildman–Crippen LogP) is 3.08. The molecule has 2 aromatic rings. The lowest BCUT2D eigenvalue weighted by atomic mass is 9.98. The minimum absolute atomic E-state index is 0.503. The molecular formula is C17H23N3. The van der Waals surface area contributed by atoms with Crippen LogP contribution in [0.1, 0.15) is 24.4 Å². The van der Waals surface area contributed by atoms with Crippen LogP contribution in [-0.4, -0.2) is 36.1 Å². The number of aromatic amines is 1. The van der Waals surface area contributed by atoms with Crippen LogP contribution in [0.2, 0.25) is 0 Å². The molecular weight excluding hydrogens is 246 g/mol. The van der Waals surface area contributed by atoms with Gasteiger partial charge in [0.25, 0.3) is 0 Å². The molecule has 0 spiro atoms. The molecule has 0 unspecified atom stereocenters. The van der Waals surface area contributed by atoms with Crippen molar-refractivity contribution < 1.29 is 0 Å². The Morgan fingerprint density at radius 3 is 2.90 bits per heavy atom. The lowest BCUT2D eigenvalue weighted by molar-refractivity contribution is 0.166. The van der Waals surface area contributed by atoms with Gasteiger partial charge in [-0.1, -0.05) is 18.2 Å². The molecule has 0 aliphatic carbocycles. The first-order chi connectivity index (χ1) is 9.88. The number of benzene rings is 1. The van der Waals surface area contributed by atoms with Crippen LogP contribution in [0.3, 0.4) is 0 Å². The van der Waals surface area contributed by atoms with Crippen molar-refractivity contribution in [3.63, 3.8) is 0 Å². The summed E-state index contributed by atoms with van der Waals surface area (Å²) in [4.78, 5) is 5.92. The molecule has 1 atom stereocenters. The molecule has 3 nitrogen and oxygen atoms in total. The Bertz CT molecular complexity index is 566. The number of fused-ring (bicyclic) bond motifs is 1. The van der Waals surface area contributed by atoms with Crippen molar-refractivity contribution in [2.75, 3.05) is 26.2 Å². The fourth-order valence-corrected chi connectivity index (χ4v) is 3.10. The fourth-order valence-electron chi connectivity index (χ4n) is 3.10. The van der Waals surface area contributed by atoms with E-state index in [4.69, 9.17) is 0 Å². The maximum absolute atomic E-state index is 3.88. The number of hydrogen-bond donors (Lipinski definition) is 2. The van der Waals surface area contributed by atoms with Gasteiger partial charge in [0.2, 0.25) is 0 Å². The maximum Gasteiger partial charge on any atom is 0.0457 e. The minimum Gasteiger partial charge on any atom is -0.361 e. The molecule has 1 aromatic carbocycles. The Hall–Kier alpha value is -1.58. The summed E-state index contributed by atoms with van der Waals surface area (Å²) in [7, 11) is 0. The largest absolute Gasteiger partial charge is 0.361 e. The summed E-state index contributed by atoms with van der Waals surface area (Å²) in [6.07, 6.45) is 6.26. The van der Waals surface area contributed by atoms with Crippen LogP contribution in [0, 0.1) is 0 Å². The summed E-state index contributed by atoms with van der Waals surface area (Å²) >= 11 is 0. The predicted molar refractivity (Wildman–Crippen MR) is 84.9 cm³/mol. The molecule has 1 aromatic heterocycles. The number of piperazine rings is 1. The van der Waals surface area contributed by atoms with Crippen molar-refractivity contribution in [3.8, 4) is 0 Å². The molecule has 1 fully saturated rings. The van der Waals surface area contributed by atoms with E-state index >= 15 is 0 Å². The van der Waals surface area contributed by atoms with Crippen molar-refractivity contribution in [1.29, 1.82) is 0 Å². The summed E-state index contributed by atoms with van der Waals surface area (Å²) in [5.74, 6) is 0. The number of H-pyrrole nitrogens is 1. The van der Waals surface area contributed by atoms with Crippen molar-refractivity contribution in [2.45, 2.75) is 18.9 Å². The first-order valence-electron chi connectivity index (χ1n) is 7.51. The van der Waals surface area contributed by atoms with E-state index in [0.29, 0.717) is 6.04 Å². The highest BCUT2D eigenvalue weighted by Gasteiger charge is 2.21. The quantitative estimate of drug-likeness (QED) is 0.817. The number of aromatic nitrogens is 1. The Morgan fingerprint density at radius 2 is 2.10 bits per heavy atom. The normalized spacial score (nSPS) is 18.2. The van der Waals surface area contributed by atoms with Gasteiger partial charge in [-0.3, -0.25) is 4.90 Å². The Balaban J connectivity index is 1.87. The number of nitrogens with zero attached hydrogens (tertiary/aromatic N) is 1. The zero-order chi connectivity index (χ0) is 13.8. The monoisotopic (exact) mass is 269 g/mol. The van der Waals surface area contributed by atoms with Gasteiger partial charge in [0.15, 0.2) is 0 Å². The van der Waals surface area contributed by atoms with E-state index in [1.807, 2.05) is 12.3 Å². The molecule has 1 aliphatic heterocycles. The maximum atomic E-state index is 3.88. The molecule has 0 radical (unpaired) electrons. The molecule has 3 rings (SSSR count). The zero-order valence-electron chi connectivity index (χ0n) is 11.9. The molecule has 20 heavy (non-hydrogen) atoms. The zero-order valence-corrected chi connectivity index (χ0v) is 11.9. The van der Waals surface area contributed by atoms with Gasteiger partial charge in [0, 0.05) is 43.9 Å². The summed E-state index contributed by atoms with van der Waals surface area (Å²) in [6, 6.07) is 9.45. The van der Waals surface area contributed by atoms with Crippen LogP contribution in [0.5, 0.6) is 0 Å². The van der Waals surface area contributed by atoms with Gasteiger partial charge in [-0.25, -0.2) is 0 Å². The Kier molecular flexibility index (Phi) is 4.19. The third kappa shape index (κ3) is 2.79. The number of allylic oxidation sites excluding steroid dienone is 1. The molecule has 1 saturated heterocycles. The number of hydrogen-bond acceptors (Lipinski definition) is 2. The van der Waals surface area contributed by atoms with E-state index in [9.17, 15) is 0 Å². The molecule has 3 heteroatoms. The van der Waals surface area contributed by atoms with E-state index in [0.717, 1.165) is 39.0 Å². The van der Waals surface area contributed by atoms with Crippen LogP contribution in [0.15, 0.2) is 43.1 Å². The molecule has 0 saturated carbocycles. The van der Waals surface area contributed by atoms with E-state index in [1.54, 1.807) is 0 Å². The van der Waals surface area contributed by atoms with Crippen molar-refractivity contribution in [1.82, 2.24) is 15.2 Å². The molecule has 0 bridgehead atoms. The fraction of sp³-hybridized carbons (Fsp3) is 0.412. The third-order valence-electron chi connectivity index (χ3n) is 4.20. The minimum atomic E-state index is 0.503. The van der Waals surface area contributed by atoms with Crippen molar-refractivity contribution in [3.05, 3.63) is 48.7 Å². The van der Waals surface area contributed by atoms with Gasteiger partial charge >= 0.3 is 0 Å². The topological polar surface area (TPSA) is 31.1 Å². The number of nitrogens with one attached hydrogen (secondary N) is 2. The second-order valence-electron chi connectivity index (χ2n) is 5.49. The van der Waals surface area contributed by atoms with Crippen LogP contribution in [0.4, 0.5) is 0 Å². The average Bonchev–Trinajstić information content (AvgIpc) is 2.96. The van der Waals surface area contributed by atoms with E-state index in [1.165, 1.54) is 16.5 Å². The summed E-state index contributed by atoms with van der Waals surface area (Å²) < 4.78 is 0. The van der Waals surface area contributed by atoms with E-state index < -0.39 is 0 Å². The first-order valence-corrected chi connectivity index (χ1v) is 7.51. The second kappa shape index (κ2) is 6.25. The van der Waals surface area contributed by atoms with Gasteiger partial charge < -0.3 is 10.3 Å². The number of rotatable bonds is 5. The van der Waals surface area contributed by atoms with Gasteiger partial charge in [-0.15, -0.1) is 6.58 Å². The van der Waals surface area contributed by atoms with Gasteiger partial charge in [-0.05, 0) is 35.9 Å². The van der Waals surface area contributed by atoms with Gasteiger partial charge in [0.05, 0.1) is 0 Å². The Labute approximate surface area is 120 Å². The molecule has 2 N–H and O–H groups in total.